The van der Waals surface area contributed by atoms with E-state index in [-0.39, 0.29) is 17.5 Å². The standard InChI is InChI=1S/C37H30N2O3/c1-25(27-16-18-31(19-17-27)37(41)42)38-36(40)34-23-33(29-10-6-3-7-11-29)22-32-20-21-39(35(32)34)24-26-12-14-30(15-13-26)28-8-4-2-5-9-28/h2-23,25H,24H2,1H3,(H,38,40)(H,41,42)/t25-/m0/s1. The van der Waals surface area contributed by atoms with Gasteiger partial charge in [-0.3, -0.25) is 4.79 Å². The topological polar surface area (TPSA) is 71.3 Å². The van der Waals surface area contributed by atoms with E-state index in [1.807, 2.05) is 67.7 Å². The Bertz CT molecular complexity index is 1860. The van der Waals surface area contributed by atoms with E-state index in [0.717, 1.165) is 38.7 Å². The summed E-state index contributed by atoms with van der Waals surface area (Å²) < 4.78 is 2.13. The van der Waals surface area contributed by atoms with Gasteiger partial charge in [-0.15, -0.1) is 0 Å². The van der Waals surface area contributed by atoms with Crippen molar-refractivity contribution in [2.24, 2.45) is 0 Å². The predicted octanol–water partition coefficient (Wildman–Crippen LogP) is 8.21. The molecule has 5 nitrogen and oxygen atoms in total. The number of hydrogen-bond acceptors (Lipinski definition) is 2. The van der Waals surface area contributed by atoms with Gasteiger partial charge in [0, 0.05) is 18.1 Å². The fraction of sp³-hybridized carbons (Fsp3) is 0.0811. The summed E-state index contributed by atoms with van der Waals surface area (Å²) in [6, 6.07) is 41.3. The van der Waals surface area contributed by atoms with Gasteiger partial charge < -0.3 is 15.0 Å². The van der Waals surface area contributed by atoms with Gasteiger partial charge in [-0.25, -0.2) is 4.79 Å². The molecule has 1 atom stereocenters. The van der Waals surface area contributed by atoms with Crippen molar-refractivity contribution in [1.29, 1.82) is 0 Å². The fourth-order valence-electron chi connectivity index (χ4n) is 5.35. The van der Waals surface area contributed by atoms with Gasteiger partial charge in [0.1, 0.15) is 0 Å². The van der Waals surface area contributed by atoms with Crippen LogP contribution in [0.3, 0.4) is 0 Å². The van der Waals surface area contributed by atoms with Crippen LogP contribution in [0.5, 0.6) is 0 Å². The molecule has 0 saturated heterocycles. The number of amides is 1. The quantitative estimate of drug-likeness (QED) is 0.201. The smallest absolute Gasteiger partial charge is 0.335 e. The Morgan fingerprint density at radius 1 is 0.714 bits per heavy atom. The lowest BCUT2D eigenvalue weighted by molar-refractivity contribution is 0.0696. The van der Waals surface area contributed by atoms with Crippen molar-refractivity contribution in [3.05, 3.63) is 156 Å². The number of carbonyl (C=O) groups excluding carboxylic acids is 1. The first-order valence-corrected chi connectivity index (χ1v) is 13.9. The first-order chi connectivity index (χ1) is 20.5. The third kappa shape index (κ3) is 5.58. The van der Waals surface area contributed by atoms with Crippen molar-refractivity contribution in [3.8, 4) is 22.3 Å². The Kier molecular flexibility index (Phi) is 7.39. The monoisotopic (exact) mass is 550 g/mol. The molecule has 1 amide bonds. The maximum atomic E-state index is 13.9. The van der Waals surface area contributed by atoms with Crippen LogP contribution in [0, 0.1) is 0 Å². The van der Waals surface area contributed by atoms with E-state index in [0.29, 0.717) is 12.1 Å². The van der Waals surface area contributed by atoms with Gasteiger partial charge in [0.15, 0.2) is 0 Å². The second kappa shape index (κ2) is 11.6. The third-order valence-electron chi connectivity index (χ3n) is 7.63. The number of aromatic carboxylic acids is 1. The maximum Gasteiger partial charge on any atom is 0.335 e. The molecule has 0 radical (unpaired) electrons. The molecule has 1 heterocycles. The number of hydrogen-bond donors (Lipinski definition) is 2. The van der Waals surface area contributed by atoms with E-state index in [9.17, 15) is 14.7 Å². The molecule has 0 saturated carbocycles. The minimum absolute atomic E-state index is 0.188. The number of carboxylic acids is 1. The second-order valence-corrected chi connectivity index (χ2v) is 10.5. The molecular formula is C37H30N2O3. The summed E-state index contributed by atoms with van der Waals surface area (Å²) in [5.74, 6) is -1.17. The van der Waals surface area contributed by atoms with E-state index < -0.39 is 5.97 Å². The lowest BCUT2D eigenvalue weighted by Crippen LogP contribution is -2.27. The number of rotatable bonds is 8. The van der Waals surface area contributed by atoms with E-state index >= 15 is 0 Å². The first-order valence-electron chi connectivity index (χ1n) is 13.9. The molecule has 6 rings (SSSR count). The van der Waals surface area contributed by atoms with Gasteiger partial charge in [0.2, 0.25) is 0 Å². The number of nitrogens with one attached hydrogen (secondary N) is 1. The van der Waals surface area contributed by atoms with Gasteiger partial charge in [-0.05, 0) is 70.6 Å². The number of carboxylic acid groups (broad SMARTS) is 1. The molecule has 206 valence electrons. The molecule has 42 heavy (non-hydrogen) atoms. The predicted molar refractivity (Wildman–Crippen MR) is 168 cm³/mol. The highest BCUT2D eigenvalue weighted by Crippen LogP contribution is 2.30. The van der Waals surface area contributed by atoms with Crippen molar-refractivity contribution in [2.45, 2.75) is 19.5 Å². The summed E-state index contributed by atoms with van der Waals surface area (Å²) in [4.78, 5) is 25.2. The molecule has 0 aliphatic heterocycles. The minimum Gasteiger partial charge on any atom is -0.478 e. The Morgan fingerprint density at radius 3 is 1.93 bits per heavy atom. The second-order valence-electron chi connectivity index (χ2n) is 10.5. The van der Waals surface area contributed by atoms with Crippen molar-refractivity contribution in [1.82, 2.24) is 9.88 Å². The van der Waals surface area contributed by atoms with Gasteiger partial charge in [-0.1, -0.05) is 97.1 Å². The van der Waals surface area contributed by atoms with Crippen LogP contribution in [0.2, 0.25) is 0 Å². The molecule has 0 bridgehead atoms. The molecule has 0 aliphatic carbocycles. The van der Waals surface area contributed by atoms with E-state index in [1.165, 1.54) is 5.56 Å². The molecule has 6 aromatic rings. The average Bonchev–Trinajstić information content (AvgIpc) is 3.44. The van der Waals surface area contributed by atoms with Gasteiger partial charge in [0.05, 0.1) is 22.7 Å². The lowest BCUT2D eigenvalue weighted by atomic mass is 9.99. The highest BCUT2D eigenvalue weighted by Gasteiger charge is 2.19. The Morgan fingerprint density at radius 2 is 1.31 bits per heavy atom. The van der Waals surface area contributed by atoms with Crippen molar-refractivity contribution >= 4 is 22.8 Å². The highest BCUT2D eigenvalue weighted by molar-refractivity contribution is 6.08. The highest BCUT2D eigenvalue weighted by atomic mass is 16.4. The molecular weight excluding hydrogens is 520 g/mol. The van der Waals surface area contributed by atoms with Crippen LogP contribution >= 0.6 is 0 Å². The zero-order valence-electron chi connectivity index (χ0n) is 23.2. The zero-order chi connectivity index (χ0) is 29.1. The molecule has 0 unspecified atom stereocenters. The number of carbonyl (C=O) groups is 2. The number of nitrogens with zero attached hydrogens (tertiary/aromatic N) is 1. The summed E-state index contributed by atoms with van der Waals surface area (Å²) in [5.41, 5.74) is 7.98. The molecule has 5 heteroatoms. The van der Waals surface area contributed by atoms with Crippen LogP contribution in [0.15, 0.2) is 134 Å². The summed E-state index contributed by atoms with van der Waals surface area (Å²) in [7, 11) is 0. The van der Waals surface area contributed by atoms with Crippen LogP contribution in [-0.2, 0) is 6.54 Å². The molecule has 2 N–H and O–H groups in total. The summed E-state index contributed by atoms with van der Waals surface area (Å²) in [6.45, 7) is 2.52. The SMILES string of the molecule is C[C@H](NC(=O)c1cc(-c2ccccc2)cc2ccn(Cc3ccc(-c4ccccc4)cc3)c12)c1ccc(C(=O)O)cc1. The molecule has 1 aromatic heterocycles. The summed E-state index contributed by atoms with van der Waals surface area (Å²) in [5, 5.41) is 13.4. The van der Waals surface area contributed by atoms with E-state index in [1.54, 1.807) is 24.3 Å². The summed E-state index contributed by atoms with van der Waals surface area (Å²) in [6.07, 6.45) is 2.04. The van der Waals surface area contributed by atoms with Crippen molar-refractivity contribution < 1.29 is 14.7 Å². The minimum atomic E-state index is -0.978. The van der Waals surface area contributed by atoms with Crippen LogP contribution in [-0.4, -0.2) is 21.6 Å². The Hall–Kier alpha value is -5.42. The normalized spacial score (nSPS) is 11.7. The van der Waals surface area contributed by atoms with Crippen LogP contribution in [0.4, 0.5) is 0 Å². The lowest BCUT2D eigenvalue weighted by Gasteiger charge is -2.17. The van der Waals surface area contributed by atoms with E-state index in [2.05, 4.69) is 58.4 Å². The van der Waals surface area contributed by atoms with Crippen LogP contribution in [0.1, 0.15) is 44.8 Å². The zero-order valence-corrected chi connectivity index (χ0v) is 23.2. The average molecular weight is 551 g/mol. The molecule has 0 fully saturated rings. The van der Waals surface area contributed by atoms with Gasteiger partial charge in [-0.2, -0.15) is 0 Å². The molecule has 0 spiro atoms. The van der Waals surface area contributed by atoms with Crippen molar-refractivity contribution in [3.63, 3.8) is 0 Å². The largest absolute Gasteiger partial charge is 0.478 e. The molecule has 0 aliphatic rings. The fourth-order valence-corrected chi connectivity index (χ4v) is 5.35. The van der Waals surface area contributed by atoms with Crippen molar-refractivity contribution in [2.75, 3.05) is 0 Å². The first kappa shape index (κ1) is 26.8. The molecule has 5 aromatic carbocycles. The van der Waals surface area contributed by atoms with Gasteiger partial charge in [0.25, 0.3) is 5.91 Å². The maximum absolute atomic E-state index is 13.9. The third-order valence-corrected chi connectivity index (χ3v) is 7.63. The van der Waals surface area contributed by atoms with Crippen LogP contribution < -0.4 is 5.32 Å². The Labute approximate surface area is 244 Å². The van der Waals surface area contributed by atoms with E-state index in [4.69, 9.17) is 0 Å². The summed E-state index contributed by atoms with van der Waals surface area (Å²) >= 11 is 0. The van der Waals surface area contributed by atoms with Crippen LogP contribution in [0.25, 0.3) is 33.2 Å². The Balaban J connectivity index is 1.34. The number of benzene rings is 5. The number of aromatic nitrogens is 1. The number of fused-ring (bicyclic) bond motifs is 1. The van der Waals surface area contributed by atoms with Gasteiger partial charge >= 0.3 is 5.97 Å².